The molecule has 3 rings (SSSR count). The minimum Gasteiger partial charge on any atom is -0.493 e. The Balaban J connectivity index is 1.41. The van der Waals surface area contributed by atoms with E-state index >= 15 is 0 Å². The van der Waals surface area contributed by atoms with Gasteiger partial charge in [0.25, 0.3) is 0 Å². The summed E-state index contributed by atoms with van der Waals surface area (Å²) in [5.41, 5.74) is 2.09. The van der Waals surface area contributed by atoms with Crippen LogP contribution in [-0.4, -0.2) is 49.6 Å². The SMILES string of the molecule is CCOC(=O)C1CCN(C(=O)CNc2cccc(OCCc3ccccc3)c2)CC1. The molecule has 1 aliphatic heterocycles. The zero-order valence-corrected chi connectivity index (χ0v) is 17.5. The van der Waals surface area contributed by atoms with E-state index in [1.165, 1.54) is 5.56 Å². The van der Waals surface area contributed by atoms with Gasteiger partial charge in [0.05, 0.1) is 25.7 Å². The number of nitrogens with zero attached hydrogens (tertiary/aromatic N) is 1. The smallest absolute Gasteiger partial charge is 0.309 e. The van der Waals surface area contributed by atoms with Gasteiger partial charge in [0.1, 0.15) is 5.75 Å². The second kappa shape index (κ2) is 11.2. The minimum atomic E-state index is -0.146. The van der Waals surface area contributed by atoms with Gasteiger partial charge in [-0.25, -0.2) is 0 Å². The van der Waals surface area contributed by atoms with Crippen molar-refractivity contribution in [1.82, 2.24) is 4.90 Å². The Kier molecular flexibility index (Phi) is 8.12. The number of likely N-dealkylation sites (tertiary alicyclic amines) is 1. The van der Waals surface area contributed by atoms with E-state index in [1.54, 1.807) is 0 Å². The molecule has 2 aromatic carbocycles. The van der Waals surface area contributed by atoms with Gasteiger partial charge in [-0.15, -0.1) is 0 Å². The third kappa shape index (κ3) is 6.51. The van der Waals surface area contributed by atoms with Crippen LogP contribution in [0.25, 0.3) is 0 Å². The van der Waals surface area contributed by atoms with Gasteiger partial charge in [0.2, 0.25) is 5.91 Å². The molecule has 1 fully saturated rings. The first-order valence-corrected chi connectivity index (χ1v) is 10.6. The van der Waals surface area contributed by atoms with E-state index in [0.29, 0.717) is 39.1 Å². The fourth-order valence-electron chi connectivity index (χ4n) is 3.54. The van der Waals surface area contributed by atoms with Gasteiger partial charge in [-0.2, -0.15) is 0 Å². The summed E-state index contributed by atoms with van der Waals surface area (Å²) in [5.74, 6) is 0.574. The second-order valence-corrected chi connectivity index (χ2v) is 7.37. The minimum absolute atomic E-state index is 0.0349. The molecule has 0 unspecified atom stereocenters. The summed E-state index contributed by atoms with van der Waals surface area (Å²) in [6, 6.07) is 17.9. The van der Waals surface area contributed by atoms with Gasteiger partial charge in [-0.05, 0) is 37.5 Å². The van der Waals surface area contributed by atoms with Crippen molar-refractivity contribution in [2.45, 2.75) is 26.2 Å². The molecule has 0 atom stereocenters. The molecule has 0 bridgehead atoms. The number of rotatable bonds is 9. The molecule has 0 radical (unpaired) electrons. The van der Waals surface area contributed by atoms with Gasteiger partial charge < -0.3 is 19.7 Å². The van der Waals surface area contributed by atoms with Crippen LogP contribution in [0.15, 0.2) is 54.6 Å². The number of benzene rings is 2. The molecule has 1 amide bonds. The normalized spacial score (nSPS) is 14.2. The molecule has 6 nitrogen and oxygen atoms in total. The van der Waals surface area contributed by atoms with Crippen LogP contribution in [-0.2, 0) is 20.7 Å². The molecule has 0 saturated carbocycles. The van der Waals surface area contributed by atoms with Crippen LogP contribution in [0.3, 0.4) is 0 Å². The Morgan fingerprint density at radius 2 is 1.83 bits per heavy atom. The molecule has 0 aromatic heterocycles. The summed E-state index contributed by atoms with van der Waals surface area (Å²) < 4.78 is 10.9. The van der Waals surface area contributed by atoms with Crippen LogP contribution < -0.4 is 10.1 Å². The Hall–Kier alpha value is -3.02. The molecule has 30 heavy (non-hydrogen) atoms. The van der Waals surface area contributed by atoms with Gasteiger partial charge in [-0.3, -0.25) is 9.59 Å². The van der Waals surface area contributed by atoms with Gasteiger partial charge in [0.15, 0.2) is 0 Å². The lowest BCUT2D eigenvalue weighted by molar-refractivity contribution is -0.151. The Morgan fingerprint density at radius 3 is 2.57 bits per heavy atom. The Bertz CT molecular complexity index is 817. The van der Waals surface area contributed by atoms with Crippen molar-refractivity contribution in [1.29, 1.82) is 0 Å². The molecule has 2 aromatic rings. The standard InChI is InChI=1S/C24H30N2O4/c1-2-29-24(28)20-11-14-26(15-12-20)23(27)18-25-21-9-6-10-22(17-21)30-16-13-19-7-4-3-5-8-19/h3-10,17,20,25H,2,11-16,18H2,1H3. The molecular formula is C24H30N2O4. The highest BCUT2D eigenvalue weighted by molar-refractivity contribution is 5.81. The zero-order valence-electron chi connectivity index (χ0n) is 17.5. The van der Waals surface area contributed by atoms with Gasteiger partial charge >= 0.3 is 5.97 Å². The monoisotopic (exact) mass is 410 g/mol. The maximum absolute atomic E-state index is 12.5. The van der Waals surface area contributed by atoms with Crippen molar-refractivity contribution in [3.8, 4) is 5.75 Å². The lowest BCUT2D eigenvalue weighted by Crippen LogP contribution is -2.43. The first-order chi connectivity index (χ1) is 14.7. The van der Waals surface area contributed by atoms with E-state index in [0.717, 1.165) is 17.9 Å². The second-order valence-electron chi connectivity index (χ2n) is 7.37. The molecule has 6 heteroatoms. The molecule has 160 valence electrons. The maximum Gasteiger partial charge on any atom is 0.309 e. The lowest BCUT2D eigenvalue weighted by atomic mass is 9.97. The first-order valence-electron chi connectivity index (χ1n) is 10.6. The molecule has 1 saturated heterocycles. The highest BCUT2D eigenvalue weighted by Crippen LogP contribution is 2.20. The summed E-state index contributed by atoms with van der Waals surface area (Å²) in [6.07, 6.45) is 2.17. The summed E-state index contributed by atoms with van der Waals surface area (Å²) in [5, 5.41) is 3.18. The molecule has 0 spiro atoms. The van der Waals surface area contributed by atoms with E-state index in [1.807, 2.05) is 54.3 Å². The fraction of sp³-hybridized carbons (Fsp3) is 0.417. The highest BCUT2D eigenvalue weighted by Gasteiger charge is 2.27. The van der Waals surface area contributed by atoms with Crippen molar-refractivity contribution in [2.75, 3.05) is 38.2 Å². The van der Waals surface area contributed by atoms with Crippen LogP contribution in [0.4, 0.5) is 5.69 Å². The summed E-state index contributed by atoms with van der Waals surface area (Å²) in [6.45, 7) is 4.21. The predicted octanol–water partition coefficient (Wildman–Crippen LogP) is 3.52. The number of piperidine rings is 1. The largest absolute Gasteiger partial charge is 0.493 e. The molecular weight excluding hydrogens is 380 g/mol. The third-order valence-electron chi connectivity index (χ3n) is 5.25. The zero-order chi connectivity index (χ0) is 21.2. The third-order valence-corrected chi connectivity index (χ3v) is 5.25. The number of esters is 1. The van der Waals surface area contributed by atoms with Crippen LogP contribution in [0, 0.1) is 5.92 Å². The van der Waals surface area contributed by atoms with Crippen LogP contribution in [0.1, 0.15) is 25.3 Å². The van der Waals surface area contributed by atoms with Crippen LogP contribution >= 0.6 is 0 Å². The van der Waals surface area contributed by atoms with E-state index in [-0.39, 0.29) is 24.3 Å². The highest BCUT2D eigenvalue weighted by atomic mass is 16.5. The van der Waals surface area contributed by atoms with Crippen LogP contribution in [0.2, 0.25) is 0 Å². The number of hydrogen-bond acceptors (Lipinski definition) is 5. The van der Waals surface area contributed by atoms with E-state index in [4.69, 9.17) is 9.47 Å². The first kappa shape index (κ1) is 21.7. The molecule has 1 aliphatic rings. The molecule has 1 N–H and O–H groups in total. The number of nitrogens with one attached hydrogen (secondary N) is 1. The van der Waals surface area contributed by atoms with Crippen molar-refractivity contribution < 1.29 is 19.1 Å². The predicted molar refractivity (Wildman–Crippen MR) is 117 cm³/mol. The van der Waals surface area contributed by atoms with Crippen molar-refractivity contribution >= 4 is 17.6 Å². The number of hydrogen-bond donors (Lipinski definition) is 1. The average molecular weight is 411 g/mol. The lowest BCUT2D eigenvalue weighted by Gasteiger charge is -2.31. The topological polar surface area (TPSA) is 67.9 Å². The van der Waals surface area contributed by atoms with Gasteiger partial charge in [0, 0.05) is 31.3 Å². The van der Waals surface area contributed by atoms with E-state index in [2.05, 4.69) is 17.4 Å². The van der Waals surface area contributed by atoms with Crippen molar-refractivity contribution in [3.05, 3.63) is 60.2 Å². The van der Waals surface area contributed by atoms with Gasteiger partial charge in [-0.1, -0.05) is 36.4 Å². The Labute approximate surface area is 178 Å². The summed E-state index contributed by atoms with van der Waals surface area (Å²) in [7, 11) is 0. The molecule has 1 heterocycles. The quantitative estimate of drug-likeness (QED) is 0.641. The fourth-order valence-corrected chi connectivity index (χ4v) is 3.54. The summed E-state index contributed by atoms with van der Waals surface area (Å²) >= 11 is 0. The number of carbonyl (C=O) groups is 2. The number of anilines is 1. The number of carbonyl (C=O) groups excluding carboxylic acids is 2. The van der Waals surface area contributed by atoms with Crippen molar-refractivity contribution in [2.24, 2.45) is 5.92 Å². The summed E-state index contributed by atoms with van der Waals surface area (Å²) in [4.78, 5) is 26.1. The van der Waals surface area contributed by atoms with Crippen molar-refractivity contribution in [3.63, 3.8) is 0 Å². The van der Waals surface area contributed by atoms with E-state index in [9.17, 15) is 9.59 Å². The van der Waals surface area contributed by atoms with Crippen LogP contribution in [0.5, 0.6) is 5.75 Å². The maximum atomic E-state index is 12.5. The number of amides is 1. The van der Waals surface area contributed by atoms with E-state index < -0.39 is 0 Å². The Morgan fingerprint density at radius 1 is 1.07 bits per heavy atom. The average Bonchev–Trinajstić information content (AvgIpc) is 2.79. The molecule has 0 aliphatic carbocycles. The number of ether oxygens (including phenoxy) is 2.